The number of rotatable bonds is 3. The largest absolute Gasteiger partial charge is 0.466 e. The number of amides is 1. The van der Waals surface area contributed by atoms with Gasteiger partial charge < -0.3 is 9.64 Å². The maximum atomic E-state index is 12.5. The Bertz CT molecular complexity index is 544. The van der Waals surface area contributed by atoms with Gasteiger partial charge >= 0.3 is 5.97 Å². The molecule has 5 heteroatoms. The molecule has 0 aromatic heterocycles. The van der Waals surface area contributed by atoms with Crippen LogP contribution in [0.1, 0.15) is 35.7 Å². The minimum atomic E-state index is -0.195. The fourth-order valence-electron chi connectivity index (χ4n) is 2.57. The van der Waals surface area contributed by atoms with Crippen LogP contribution in [0, 0.1) is 12.8 Å². The van der Waals surface area contributed by atoms with Gasteiger partial charge in [-0.15, -0.1) is 0 Å². The van der Waals surface area contributed by atoms with E-state index in [0.29, 0.717) is 25.3 Å². The first-order chi connectivity index (χ1) is 10.0. The van der Waals surface area contributed by atoms with Gasteiger partial charge in [0.15, 0.2) is 0 Å². The smallest absolute Gasteiger partial charge is 0.310 e. The van der Waals surface area contributed by atoms with Gasteiger partial charge in [-0.1, -0.05) is 15.9 Å². The number of halogens is 1. The van der Waals surface area contributed by atoms with Gasteiger partial charge in [0.05, 0.1) is 12.5 Å². The van der Waals surface area contributed by atoms with Gasteiger partial charge in [-0.2, -0.15) is 0 Å². The van der Waals surface area contributed by atoms with Crippen molar-refractivity contribution in [3.63, 3.8) is 0 Å². The highest BCUT2D eigenvalue weighted by atomic mass is 79.9. The number of carbonyl (C=O) groups is 2. The zero-order chi connectivity index (χ0) is 15.4. The number of ether oxygens (including phenoxy) is 1. The molecule has 0 aliphatic carbocycles. The van der Waals surface area contributed by atoms with E-state index >= 15 is 0 Å². The number of aryl methyl sites for hydroxylation is 1. The minimum absolute atomic E-state index is 0.0143. The summed E-state index contributed by atoms with van der Waals surface area (Å²) in [5, 5.41) is 0. The molecule has 1 saturated heterocycles. The number of carbonyl (C=O) groups excluding carboxylic acids is 2. The molecule has 1 fully saturated rings. The van der Waals surface area contributed by atoms with Crippen LogP contribution in [0.5, 0.6) is 0 Å². The van der Waals surface area contributed by atoms with Crippen molar-refractivity contribution in [3.05, 3.63) is 33.8 Å². The minimum Gasteiger partial charge on any atom is -0.466 e. The number of benzene rings is 1. The summed E-state index contributed by atoms with van der Waals surface area (Å²) in [5.74, 6) is -0.402. The Labute approximate surface area is 133 Å². The number of nitrogens with zero attached hydrogens (tertiary/aromatic N) is 1. The third kappa shape index (κ3) is 3.84. The van der Waals surface area contributed by atoms with E-state index in [0.717, 1.165) is 22.9 Å². The van der Waals surface area contributed by atoms with Gasteiger partial charge in [0.2, 0.25) is 0 Å². The summed E-state index contributed by atoms with van der Waals surface area (Å²) in [6, 6.07) is 5.57. The van der Waals surface area contributed by atoms with Crippen LogP contribution in [0.25, 0.3) is 0 Å². The lowest BCUT2D eigenvalue weighted by atomic mass is 9.97. The van der Waals surface area contributed by atoms with Gasteiger partial charge in [0.1, 0.15) is 0 Å². The molecule has 0 spiro atoms. The fourth-order valence-corrected chi connectivity index (χ4v) is 2.82. The molecule has 0 radical (unpaired) electrons. The summed E-state index contributed by atoms with van der Waals surface area (Å²) in [6.07, 6.45) is 1.63. The SMILES string of the molecule is CCOC(=O)[C@H]1CCCN(C(=O)c2ccc(Br)c(C)c2)C1. The third-order valence-electron chi connectivity index (χ3n) is 3.73. The Morgan fingerprint density at radius 2 is 2.19 bits per heavy atom. The summed E-state index contributed by atoms with van der Waals surface area (Å²) >= 11 is 3.43. The average Bonchev–Trinajstić information content (AvgIpc) is 2.49. The molecule has 0 unspecified atom stereocenters. The Hall–Kier alpha value is -1.36. The molecule has 1 aliphatic heterocycles. The van der Waals surface area contributed by atoms with E-state index in [9.17, 15) is 9.59 Å². The molecule has 0 saturated carbocycles. The van der Waals surface area contributed by atoms with E-state index in [1.807, 2.05) is 25.1 Å². The molecule has 1 amide bonds. The first kappa shape index (κ1) is 16.0. The molecule has 21 heavy (non-hydrogen) atoms. The number of hydrogen-bond acceptors (Lipinski definition) is 3. The third-order valence-corrected chi connectivity index (χ3v) is 4.62. The van der Waals surface area contributed by atoms with Crippen LogP contribution in [0.3, 0.4) is 0 Å². The fraction of sp³-hybridized carbons (Fsp3) is 0.500. The molecule has 0 N–H and O–H groups in total. The highest BCUT2D eigenvalue weighted by molar-refractivity contribution is 9.10. The normalized spacial score (nSPS) is 18.4. The van der Waals surface area contributed by atoms with Gasteiger partial charge in [0.25, 0.3) is 5.91 Å². The number of piperidine rings is 1. The summed E-state index contributed by atoms with van der Waals surface area (Å²) in [5.41, 5.74) is 1.69. The second-order valence-electron chi connectivity index (χ2n) is 5.31. The van der Waals surface area contributed by atoms with E-state index in [1.165, 1.54) is 0 Å². The van der Waals surface area contributed by atoms with Crippen LogP contribution in [0.2, 0.25) is 0 Å². The molecule has 1 heterocycles. The van der Waals surface area contributed by atoms with Crippen molar-refractivity contribution in [1.29, 1.82) is 0 Å². The Morgan fingerprint density at radius 1 is 1.43 bits per heavy atom. The maximum absolute atomic E-state index is 12.5. The van der Waals surface area contributed by atoms with Gasteiger partial charge in [-0.3, -0.25) is 9.59 Å². The molecular formula is C16H20BrNO3. The number of likely N-dealkylation sites (tertiary alicyclic amines) is 1. The molecule has 1 aromatic rings. The highest BCUT2D eigenvalue weighted by Crippen LogP contribution is 2.22. The van der Waals surface area contributed by atoms with Crippen molar-refractivity contribution in [1.82, 2.24) is 4.90 Å². The molecule has 0 bridgehead atoms. The van der Waals surface area contributed by atoms with Crippen molar-refractivity contribution in [2.24, 2.45) is 5.92 Å². The highest BCUT2D eigenvalue weighted by Gasteiger charge is 2.29. The standard InChI is InChI=1S/C16H20BrNO3/c1-3-21-16(20)13-5-4-8-18(10-13)15(19)12-6-7-14(17)11(2)9-12/h6-7,9,13H,3-5,8,10H2,1-2H3/t13-/m0/s1. The molecule has 114 valence electrons. The molecule has 1 aliphatic rings. The number of hydrogen-bond donors (Lipinski definition) is 0. The summed E-state index contributed by atoms with van der Waals surface area (Å²) in [4.78, 5) is 26.1. The van der Waals surface area contributed by atoms with E-state index in [2.05, 4.69) is 15.9 Å². The zero-order valence-electron chi connectivity index (χ0n) is 12.4. The van der Waals surface area contributed by atoms with Crippen molar-refractivity contribution in [2.75, 3.05) is 19.7 Å². The van der Waals surface area contributed by atoms with Gasteiger partial charge in [-0.05, 0) is 50.5 Å². The van der Waals surface area contributed by atoms with E-state index in [4.69, 9.17) is 4.74 Å². The lowest BCUT2D eigenvalue weighted by Gasteiger charge is -2.31. The average molecular weight is 354 g/mol. The Morgan fingerprint density at radius 3 is 2.86 bits per heavy atom. The van der Waals surface area contributed by atoms with Gasteiger partial charge in [0, 0.05) is 23.1 Å². The summed E-state index contributed by atoms with van der Waals surface area (Å²) in [7, 11) is 0. The maximum Gasteiger partial charge on any atom is 0.310 e. The first-order valence-corrected chi connectivity index (χ1v) is 8.04. The van der Waals surface area contributed by atoms with Crippen LogP contribution in [0.4, 0.5) is 0 Å². The van der Waals surface area contributed by atoms with Crippen molar-refractivity contribution in [2.45, 2.75) is 26.7 Å². The lowest BCUT2D eigenvalue weighted by molar-refractivity contribution is -0.149. The van der Waals surface area contributed by atoms with Crippen molar-refractivity contribution in [3.8, 4) is 0 Å². The zero-order valence-corrected chi connectivity index (χ0v) is 14.0. The number of esters is 1. The quantitative estimate of drug-likeness (QED) is 0.784. The van der Waals surface area contributed by atoms with Crippen LogP contribution in [-0.4, -0.2) is 36.5 Å². The van der Waals surface area contributed by atoms with E-state index in [-0.39, 0.29) is 17.8 Å². The van der Waals surface area contributed by atoms with Crippen LogP contribution in [0.15, 0.2) is 22.7 Å². The topological polar surface area (TPSA) is 46.6 Å². The molecule has 4 nitrogen and oxygen atoms in total. The second-order valence-corrected chi connectivity index (χ2v) is 6.16. The van der Waals surface area contributed by atoms with Crippen molar-refractivity contribution >= 4 is 27.8 Å². The predicted molar refractivity (Wildman–Crippen MR) is 84.1 cm³/mol. The summed E-state index contributed by atoms with van der Waals surface area (Å²) in [6.45, 7) is 5.29. The molecule has 2 rings (SSSR count). The van der Waals surface area contributed by atoms with Crippen LogP contribution in [-0.2, 0) is 9.53 Å². The Kier molecular flexibility index (Phi) is 5.39. The molecule has 1 atom stereocenters. The lowest BCUT2D eigenvalue weighted by Crippen LogP contribution is -2.42. The van der Waals surface area contributed by atoms with Gasteiger partial charge in [-0.25, -0.2) is 0 Å². The van der Waals surface area contributed by atoms with Crippen LogP contribution < -0.4 is 0 Å². The monoisotopic (exact) mass is 353 g/mol. The van der Waals surface area contributed by atoms with Crippen LogP contribution >= 0.6 is 15.9 Å². The van der Waals surface area contributed by atoms with Crippen molar-refractivity contribution < 1.29 is 14.3 Å². The second kappa shape index (κ2) is 7.07. The van der Waals surface area contributed by atoms with E-state index in [1.54, 1.807) is 11.8 Å². The van der Waals surface area contributed by atoms with E-state index < -0.39 is 0 Å². The Balaban J connectivity index is 2.08. The molecule has 1 aromatic carbocycles. The predicted octanol–water partition coefficient (Wildman–Crippen LogP) is 3.17. The summed E-state index contributed by atoms with van der Waals surface area (Å²) < 4.78 is 6.05. The first-order valence-electron chi connectivity index (χ1n) is 7.25. The molecular weight excluding hydrogens is 334 g/mol.